The molecule has 0 bridgehead atoms. The van der Waals surface area contributed by atoms with E-state index < -0.39 is 24.1 Å². The summed E-state index contributed by atoms with van der Waals surface area (Å²) in [5, 5.41) is 11.9. The molecule has 2 unspecified atom stereocenters. The molecule has 2 aliphatic rings. The lowest BCUT2D eigenvalue weighted by atomic mass is 9.98. The molecule has 1 heterocycles. The van der Waals surface area contributed by atoms with Crippen LogP contribution in [0.2, 0.25) is 0 Å². The quantitative estimate of drug-likeness (QED) is 0.713. The molecule has 1 saturated heterocycles. The SMILES string of the molecule is CCCC(NC(=O)OCC1c2ccccc2-c2ccccc21)C(=O)N1CCC1C(=O)O. The lowest BCUT2D eigenvalue weighted by Gasteiger charge is -2.40. The van der Waals surface area contributed by atoms with Gasteiger partial charge in [0.2, 0.25) is 5.91 Å². The Hall–Kier alpha value is -3.35. The van der Waals surface area contributed by atoms with E-state index in [1.165, 1.54) is 4.90 Å². The first-order valence-corrected chi connectivity index (χ1v) is 10.7. The van der Waals surface area contributed by atoms with Gasteiger partial charge in [-0.3, -0.25) is 4.79 Å². The summed E-state index contributed by atoms with van der Waals surface area (Å²) < 4.78 is 5.54. The number of nitrogens with zero attached hydrogens (tertiary/aromatic N) is 1. The van der Waals surface area contributed by atoms with E-state index in [-0.39, 0.29) is 18.4 Å². The van der Waals surface area contributed by atoms with Crippen LogP contribution in [0.25, 0.3) is 11.1 Å². The van der Waals surface area contributed by atoms with E-state index in [0.717, 1.165) is 22.3 Å². The molecule has 2 aromatic carbocycles. The van der Waals surface area contributed by atoms with Crippen molar-refractivity contribution in [1.29, 1.82) is 0 Å². The number of ether oxygens (including phenoxy) is 1. The van der Waals surface area contributed by atoms with Crippen LogP contribution in [0.4, 0.5) is 4.79 Å². The number of likely N-dealkylation sites (tertiary alicyclic amines) is 1. The first-order chi connectivity index (χ1) is 15.0. The number of hydrogen-bond donors (Lipinski definition) is 2. The highest BCUT2D eigenvalue weighted by molar-refractivity contribution is 5.90. The Morgan fingerprint density at radius 2 is 1.71 bits per heavy atom. The summed E-state index contributed by atoms with van der Waals surface area (Å²) in [4.78, 5) is 37.8. The van der Waals surface area contributed by atoms with Crippen molar-refractivity contribution < 1.29 is 24.2 Å². The molecule has 0 aromatic heterocycles. The molecular formula is C24H26N2O5. The van der Waals surface area contributed by atoms with E-state index in [4.69, 9.17) is 4.74 Å². The van der Waals surface area contributed by atoms with Gasteiger partial charge in [-0.05, 0) is 35.1 Å². The molecule has 2 aromatic rings. The number of carbonyl (C=O) groups is 3. The van der Waals surface area contributed by atoms with Crippen LogP contribution in [-0.2, 0) is 14.3 Å². The van der Waals surface area contributed by atoms with Gasteiger partial charge in [-0.25, -0.2) is 9.59 Å². The number of carboxylic acids is 1. The Labute approximate surface area is 181 Å². The van der Waals surface area contributed by atoms with Gasteiger partial charge in [0.1, 0.15) is 18.7 Å². The summed E-state index contributed by atoms with van der Waals surface area (Å²) >= 11 is 0. The summed E-state index contributed by atoms with van der Waals surface area (Å²) in [6.07, 6.45) is 0.864. The second-order valence-corrected chi connectivity index (χ2v) is 7.99. The third-order valence-electron chi connectivity index (χ3n) is 6.10. The van der Waals surface area contributed by atoms with E-state index in [9.17, 15) is 19.5 Å². The standard InChI is InChI=1S/C24H26N2O5/c1-2-7-20(22(27)26-13-12-21(26)23(28)29)25-24(30)31-14-19-17-10-5-3-8-15(17)16-9-4-6-11-18(16)19/h3-6,8-11,19-21H,2,7,12-14H2,1H3,(H,25,30)(H,28,29). The number of hydrogen-bond acceptors (Lipinski definition) is 4. The van der Waals surface area contributed by atoms with Crippen molar-refractivity contribution in [2.45, 2.75) is 44.2 Å². The summed E-state index contributed by atoms with van der Waals surface area (Å²) in [6, 6.07) is 14.5. The smallest absolute Gasteiger partial charge is 0.407 e. The molecular weight excluding hydrogens is 396 g/mol. The topological polar surface area (TPSA) is 95.9 Å². The van der Waals surface area contributed by atoms with Crippen molar-refractivity contribution in [3.05, 3.63) is 59.7 Å². The largest absolute Gasteiger partial charge is 0.480 e. The summed E-state index contributed by atoms with van der Waals surface area (Å²) in [5.74, 6) is -1.45. The number of rotatable bonds is 7. The molecule has 7 heteroatoms. The number of carbonyl (C=O) groups excluding carboxylic acids is 2. The van der Waals surface area contributed by atoms with E-state index in [1.807, 2.05) is 43.3 Å². The monoisotopic (exact) mass is 422 g/mol. The fourth-order valence-electron chi connectivity index (χ4n) is 4.44. The maximum absolute atomic E-state index is 12.7. The minimum atomic E-state index is -1.02. The van der Waals surface area contributed by atoms with Crippen LogP contribution < -0.4 is 5.32 Å². The highest BCUT2D eigenvalue weighted by Gasteiger charge is 2.40. The third kappa shape index (κ3) is 4.00. The zero-order valence-electron chi connectivity index (χ0n) is 17.4. The maximum atomic E-state index is 12.7. The molecule has 1 aliphatic carbocycles. The lowest BCUT2D eigenvalue weighted by molar-refractivity contribution is -0.158. The predicted molar refractivity (Wildman–Crippen MR) is 115 cm³/mol. The van der Waals surface area contributed by atoms with E-state index in [1.54, 1.807) is 0 Å². The van der Waals surface area contributed by atoms with Gasteiger partial charge in [-0.1, -0.05) is 61.9 Å². The van der Waals surface area contributed by atoms with Gasteiger partial charge in [-0.15, -0.1) is 0 Å². The van der Waals surface area contributed by atoms with Gasteiger partial charge in [0.15, 0.2) is 0 Å². The minimum Gasteiger partial charge on any atom is -0.480 e. The van der Waals surface area contributed by atoms with Crippen molar-refractivity contribution in [3.8, 4) is 11.1 Å². The van der Waals surface area contributed by atoms with E-state index in [2.05, 4.69) is 17.4 Å². The number of fused-ring (bicyclic) bond motifs is 3. The first-order valence-electron chi connectivity index (χ1n) is 10.7. The van der Waals surface area contributed by atoms with Gasteiger partial charge in [-0.2, -0.15) is 0 Å². The fraction of sp³-hybridized carbons (Fsp3) is 0.375. The normalized spacial score (nSPS) is 17.8. The molecule has 1 aliphatic heterocycles. The van der Waals surface area contributed by atoms with Crippen molar-refractivity contribution in [2.24, 2.45) is 0 Å². The van der Waals surface area contributed by atoms with Crippen molar-refractivity contribution >= 4 is 18.0 Å². The van der Waals surface area contributed by atoms with Crippen LogP contribution in [-0.4, -0.2) is 53.2 Å². The molecule has 2 N–H and O–H groups in total. The zero-order valence-corrected chi connectivity index (χ0v) is 17.4. The van der Waals surface area contributed by atoms with Crippen LogP contribution in [0, 0.1) is 0 Å². The average molecular weight is 422 g/mol. The van der Waals surface area contributed by atoms with E-state index in [0.29, 0.717) is 25.8 Å². The van der Waals surface area contributed by atoms with Gasteiger partial charge < -0.3 is 20.1 Å². The summed E-state index contributed by atoms with van der Waals surface area (Å²) in [7, 11) is 0. The number of carboxylic acid groups (broad SMARTS) is 1. The molecule has 31 heavy (non-hydrogen) atoms. The molecule has 162 valence electrons. The number of amides is 2. The zero-order chi connectivity index (χ0) is 22.0. The molecule has 1 fully saturated rings. The van der Waals surface area contributed by atoms with Gasteiger partial charge in [0.25, 0.3) is 0 Å². The number of benzene rings is 2. The first kappa shape index (κ1) is 20.9. The fourth-order valence-corrected chi connectivity index (χ4v) is 4.44. The van der Waals surface area contributed by atoms with Gasteiger partial charge in [0, 0.05) is 12.5 Å². The van der Waals surface area contributed by atoms with Crippen molar-refractivity contribution in [3.63, 3.8) is 0 Å². The van der Waals surface area contributed by atoms with Crippen LogP contribution in [0.5, 0.6) is 0 Å². The molecule has 4 rings (SSSR count). The van der Waals surface area contributed by atoms with E-state index >= 15 is 0 Å². The molecule has 2 atom stereocenters. The minimum absolute atomic E-state index is 0.0646. The Kier molecular flexibility index (Phi) is 5.93. The third-order valence-corrected chi connectivity index (χ3v) is 6.10. The molecule has 0 spiro atoms. The average Bonchev–Trinajstić information content (AvgIpc) is 3.04. The summed E-state index contributed by atoms with van der Waals surface area (Å²) in [5.41, 5.74) is 4.51. The number of nitrogens with one attached hydrogen (secondary N) is 1. The molecule has 2 amide bonds. The number of aliphatic carboxylic acids is 1. The van der Waals surface area contributed by atoms with Crippen LogP contribution in [0.15, 0.2) is 48.5 Å². The molecule has 0 saturated carbocycles. The summed E-state index contributed by atoms with van der Waals surface area (Å²) in [6.45, 7) is 2.46. The Balaban J connectivity index is 1.41. The lowest BCUT2D eigenvalue weighted by Crippen LogP contribution is -2.60. The maximum Gasteiger partial charge on any atom is 0.407 e. The van der Waals surface area contributed by atoms with Crippen molar-refractivity contribution in [1.82, 2.24) is 10.2 Å². The van der Waals surface area contributed by atoms with Crippen LogP contribution >= 0.6 is 0 Å². The van der Waals surface area contributed by atoms with Crippen LogP contribution in [0.3, 0.4) is 0 Å². The highest BCUT2D eigenvalue weighted by atomic mass is 16.5. The van der Waals surface area contributed by atoms with Gasteiger partial charge >= 0.3 is 12.1 Å². The second kappa shape index (κ2) is 8.79. The van der Waals surface area contributed by atoms with Crippen molar-refractivity contribution in [2.75, 3.05) is 13.2 Å². The molecule has 0 radical (unpaired) electrons. The van der Waals surface area contributed by atoms with Crippen LogP contribution in [0.1, 0.15) is 43.2 Å². The Bertz CT molecular complexity index is 959. The second-order valence-electron chi connectivity index (χ2n) is 7.99. The predicted octanol–water partition coefficient (Wildman–Crippen LogP) is 3.38. The highest BCUT2D eigenvalue weighted by Crippen LogP contribution is 2.44. The Morgan fingerprint density at radius 3 is 2.23 bits per heavy atom. The Morgan fingerprint density at radius 1 is 1.10 bits per heavy atom. The molecule has 7 nitrogen and oxygen atoms in total. The number of alkyl carbamates (subject to hydrolysis) is 1. The van der Waals surface area contributed by atoms with Gasteiger partial charge in [0.05, 0.1) is 0 Å².